The molecule has 0 fully saturated rings. The Balaban J connectivity index is 2.15. The summed E-state index contributed by atoms with van der Waals surface area (Å²) in [6, 6.07) is 18.0. The van der Waals surface area contributed by atoms with Gasteiger partial charge in [-0.2, -0.15) is 0 Å². The van der Waals surface area contributed by atoms with Gasteiger partial charge >= 0.3 is 5.97 Å². The van der Waals surface area contributed by atoms with Crippen molar-refractivity contribution in [2.45, 2.75) is 45.1 Å². The highest BCUT2D eigenvalue weighted by molar-refractivity contribution is 5.77. The highest BCUT2D eigenvalue weighted by Gasteiger charge is 2.31. The second kappa shape index (κ2) is 8.08. The molecule has 2 aromatic carbocycles. The van der Waals surface area contributed by atoms with Gasteiger partial charge in [0.05, 0.1) is 0 Å². The van der Waals surface area contributed by atoms with Gasteiger partial charge in [0.25, 0.3) is 0 Å². The molecule has 0 amide bonds. The summed E-state index contributed by atoms with van der Waals surface area (Å²) in [5.41, 5.74) is 1.10. The van der Waals surface area contributed by atoms with Crippen molar-refractivity contribution in [1.82, 2.24) is 5.32 Å². The number of esters is 1. The van der Waals surface area contributed by atoms with Crippen LogP contribution in [0.25, 0.3) is 0 Å². The largest absolute Gasteiger partial charge is 0.459 e. The number of rotatable bonds is 6. The number of aliphatic hydroxyl groups excluding tert-OH is 1. The minimum absolute atomic E-state index is 0.463. The molecule has 0 spiro atoms. The monoisotopic (exact) mass is 327 g/mol. The molecule has 2 atom stereocenters. The van der Waals surface area contributed by atoms with E-state index < -0.39 is 23.7 Å². The number of benzene rings is 2. The molecule has 0 saturated heterocycles. The standard InChI is InChI=1S/C20H25NO3/c1-20(2,3)24-19(23)17(18(22)16-12-8-5-9-13-16)21-14-15-10-6-4-7-11-15/h4-13,17-18,21-22H,14H2,1-3H3/t17-,18-/m0/s1. The van der Waals surface area contributed by atoms with Crippen LogP contribution in [0.4, 0.5) is 0 Å². The molecule has 4 heteroatoms. The summed E-state index contributed by atoms with van der Waals surface area (Å²) in [4.78, 5) is 12.6. The van der Waals surface area contributed by atoms with E-state index in [4.69, 9.17) is 4.74 Å². The van der Waals surface area contributed by atoms with E-state index in [9.17, 15) is 9.90 Å². The maximum Gasteiger partial charge on any atom is 0.326 e. The Morgan fingerprint density at radius 1 is 1.04 bits per heavy atom. The van der Waals surface area contributed by atoms with Crippen LogP contribution in [-0.2, 0) is 16.1 Å². The Morgan fingerprint density at radius 2 is 1.58 bits per heavy atom. The van der Waals surface area contributed by atoms with Gasteiger partial charge in [-0.1, -0.05) is 60.7 Å². The van der Waals surface area contributed by atoms with E-state index in [0.717, 1.165) is 5.56 Å². The van der Waals surface area contributed by atoms with Gasteiger partial charge < -0.3 is 9.84 Å². The predicted molar refractivity (Wildman–Crippen MR) is 94.3 cm³/mol. The second-order valence-electron chi connectivity index (χ2n) is 6.73. The van der Waals surface area contributed by atoms with Crippen molar-refractivity contribution < 1.29 is 14.6 Å². The van der Waals surface area contributed by atoms with E-state index in [1.54, 1.807) is 12.1 Å². The van der Waals surface area contributed by atoms with Crippen LogP contribution < -0.4 is 5.32 Å². The maximum atomic E-state index is 12.6. The van der Waals surface area contributed by atoms with Crippen LogP contribution >= 0.6 is 0 Å². The van der Waals surface area contributed by atoms with Crippen LogP contribution in [-0.4, -0.2) is 22.7 Å². The lowest BCUT2D eigenvalue weighted by Crippen LogP contribution is -2.45. The first-order valence-electron chi connectivity index (χ1n) is 8.10. The molecule has 0 saturated carbocycles. The van der Waals surface area contributed by atoms with Gasteiger partial charge in [-0.25, -0.2) is 0 Å². The van der Waals surface area contributed by atoms with Crippen LogP contribution in [0, 0.1) is 0 Å². The molecule has 0 aliphatic rings. The molecule has 128 valence electrons. The fourth-order valence-corrected chi connectivity index (χ4v) is 2.36. The van der Waals surface area contributed by atoms with Gasteiger partial charge in [0, 0.05) is 6.54 Å². The summed E-state index contributed by atoms with van der Waals surface area (Å²) in [5, 5.41) is 13.8. The highest BCUT2D eigenvalue weighted by atomic mass is 16.6. The van der Waals surface area contributed by atoms with Crippen molar-refractivity contribution in [2.75, 3.05) is 0 Å². The summed E-state index contributed by atoms with van der Waals surface area (Å²) >= 11 is 0. The average Bonchev–Trinajstić information content (AvgIpc) is 2.55. The summed E-state index contributed by atoms with van der Waals surface area (Å²) in [6.07, 6.45) is -0.982. The SMILES string of the molecule is CC(C)(C)OC(=O)[C@@H](NCc1ccccc1)[C@@H](O)c1ccccc1. The Kier molecular flexibility index (Phi) is 6.12. The van der Waals surface area contributed by atoms with E-state index >= 15 is 0 Å². The van der Waals surface area contributed by atoms with Crippen molar-refractivity contribution in [1.29, 1.82) is 0 Å². The van der Waals surface area contributed by atoms with Gasteiger partial charge in [-0.15, -0.1) is 0 Å². The van der Waals surface area contributed by atoms with Crippen LogP contribution in [0.15, 0.2) is 60.7 Å². The van der Waals surface area contributed by atoms with Gasteiger partial charge in [0.2, 0.25) is 0 Å². The first kappa shape index (κ1) is 18.2. The Bertz CT molecular complexity index is 635. The number of hydrogen-bond acceptors (Lipinski definition) is 4. The Labute approximate surface area is 143 Å². The molecule has 24 heavy (non-hydrogen) atoms. The van der Waals surface area contributed by atoms with Crippen molar-refractivity contribution in [3.05, 3.63) is 71.8 Å². The van der Waals surface area contributed by atoms with Crippen LogP contribution in [0.1, 0.15) is 38.0 Å². The van der Waals surface area contributed by atoms with Gasteiger partial charge in [-0.05, 0) is 31.9 Å². The first-order chi connectivity index (χ1) is 11.4. The van der Waals surface area contributed by atoms with Crippen molar-refractivity contribution in [2.24, 2.45) is 0 Å². The zero-order chi connectivity index (χ0) is 17.6. The fraction of sp³-hybridized carbons (Fsp3) is 0.350. The van der Waals surface area contributed by atoms with Crippen molar-refractivity contribution in [3.8, 4) is 0 Å². The van der Waals surface area contributed by atoms with E-state index in [-0.39, 0.29) is 0 Å². The summed E-state index contributed by atoms with van der Waals surface area (Å²) < 4.78 is 5.47. The highest BCUT2D eigenvalue weighted by Crippen LogP contribution is 2.20. The maximum absolute atomic E-state index is 12.6. The Hall–Kier alpha value is -2.17. The minimum atomic E-state index is -0.982. The topological polar surface area (TPSA) is 58.6 Å². The molecular formula is C20H25NO3. The summed E-state index contributed by atoms with van der Waals surface area (Å²) in [6.45, 7) is 5.91. The number of nitrogens with one attached hydrogen (secondary N) is 1. The number of aliphatic hydroxyl groups is 1. The third-order valence-corrected chi connectivity index (χ3v) is 3.49. The van der Waals surface area contributed by atoms with Crippen LogP contribution in [0.3, 0.4) is 0 Å². The van der Waals surface area contributed by atoms with E-state index in [0.29, 0.717) is 12.1 Å². The Morgan fingerprint density at radius 3 is 2.12 bits per heavy atom. The molecule has 2 rings (SSSR count). The van der Waals surface area contributed by atoms with E-state index in [1.807, 2.05) is 69.3 Å². The third-order valence-electron chi connectivity index (χ3n) is 3.49. The molecule has 0 aliphatic heterocycles. The zero-order valence-electron chi connectivity index (χ0n) is 14.4. The predicted octanol–water partition coefficient (Wildman–Crippen LogP) is 3.22. The lowest BCUT2D eigenvalue weighted by Gasteiger charge is -2.27. The van der Waals surface area contributed by atoms with Crippen LogP contribution in [0.5, 0.6) is 0 Å². The van der Waals surface area contributed by atoms with Crippen molar-refractivity contribution in [3.63, 3.8) is 0 Å². The number of ether oxygens (including phenoxy) is 1. The number of hydrogen-bond donors (Lipinski definition) is 2. The third kappa shape index (κ3) is 5.48. The second-order valence-corrected chi connectivity index (χ2v) is 6.73. The molecule has 0 unspecified atom stereocenters. The minimum Gasteiger partial charge on any atom is -0.459 e. The normalized spacial score (nSPS) is 14.0. The van der Waals surface area contributed by atoms with Crippen molar-refractivity contribution >= 4 is 5.97 Å². The van der Waals surface area contributed by atoms with E-state index in [1.165, 1.54) is 0 Å². The van der Waals surface area contributed by atoms with Gasteiger partial charge in [-0.3, -0.25) is 10.1 Å². The lowest BCUT2D eigenvalue weighted by atomic mass is 10.0. The molecule has 4 nitrogen and oxygen atoms in total. The summed E-state index contributed by atoms with van der Waals surface area (Å²) in [7, 11) is 0. The number of carbonyl (C=O) groups excluding carboxylic acids is 1. The summed E-state index contributed by atoms with van der Waals surface area (Å²) in [5.74, 6) is -0.463. The molecule has 0 heterocycles. The quantitative estimate of drug-likeness (QED) is 0.800. The number of carbonyl (C=O) groups is 1. The molecule has 2 aromatic rings. The fourth-order valence-electron chi connectivity index (χ4n) is 2.36. The molecule has 0 aliphatic carbocycles. The molecule has 0 aromatic heterocycles. The van der Waals surface area contributed by atoms with E-state index in [2.05, 4.69) is 5.32 Å². The van der Waals surface area contributed by atoms with Crippen LogP contribution in [0.2, 0.25) is 0 Å². The molecule has 2 N–H and O–H groups in total. The van der Waals surface area contributed by atoms with Gasteiger partial charge in [0.1, 0.15) is 17.7 Å². The van der Waals surface area contributed by atoms with Gasteiger partial charge in [0.15, 0.2) is 0 Å². The molecular weight excluding hydrogens is 302 g/mol. The molecule has 0 radical (unpaired) electrons. The molecule has 0 bridgehead atoms. The first-order valence-corrected chi connectivity index (χ1v) is 8.10. The lowest BCUT2D eigenvalue weighted by molar-refractivity contribution is -0.160. The average molecular weight is 327 g/mol. The smallest absolute Gasteiger partial charge is 0.326 e. The zero-order valence-corrected chi connectivity index (χ0v) is 14.4.